The number of oxazole rings is 1. The number of aromatic nitrogens is 2. The highest BCUT2D eigenvalue weighted by atomic mass is 19.4. The Labute approximate surface area is 109 Å². The van der Waals surface area contributed by atoms with Gasteiger partial charge in [-0.1, -0.05) is 0 Å². The standard InChI is InChI=1S/C13H6F4N2O/c14-9-5-10-12(18-6-9)20-11(19-10)7-1-3-8(4-2-7)13(15,16)17/h1-6H. The summed E-state index contributed by atoms with van der Waals surface area (Å²) in [4.78, 5) is 7.68. The van der Waals surface area contributed by atoms with Gasteiger partial charge in [-0.3, -0.25) is 0 Å². The van der Waals surface area contributed by atoms with Crippen LogP contribution in [0.25, 0.3) is 22.7 Å². The van der Waals surface area contributed by atoms with Gasteiger partial charge in [0.05, 0.1) is 11.8 Å². The molecule has 0 spiro atoms. The first-order valence-corrected chi connectivity index (χ1v) is 5.53. The molecule has 2 heterocycles. The van der Waals surface area contributed by atoms with Crippen molar-refractivity contribution in [2.24, 2.45) is 0 Å². The van der Waals surface area contributed by atoms with Crippen molar-refractivity contribution in [1.82, 2.24) is 9.97 Å². The molecule has 102 valence electrons. The maximum atomic E-state index is 13.0. The van der Waals surface area contributed by atoms with Gasteiger partial charge in [-0.25, -0.2) is 14.4 Å². The van der Waals surface area contributed by atoms with Crippen LogP contribution in [0.1, 0.15) is 5.56 Å². The second kappa shape index (κ2) is 4.29. The summed E-state index contributed by atoms with van der Waals surface area (Å²) in [6.45, 7) is 0. The Morgan fingerprint density at radius 3 is 2.40 bits per heavy atom. The molecule has 0 unspecified atom stereocenters. The summed E-state index contributed by atoms with van der Waals surface area (Å²) in [5.41, 5.74) is -0.0702. The maximum absolute atomic E-state index is 13.0. The molecule has 0 saturated carbocycles. The lowest BCUT2D eigenvalue weighted by molar-refractivity contribution is -0.137. The van der Waals surface area contributed by atoms with Crippen molar-refractivity contribution in [1.29, 1.82) is 0 Å². The Morgan fingerprint density at radius 1 is 1.05 bits per heavy atom. The minimum atomic E-state index is -4.40. The third kappa shape index (κ3) is 2.22. The first-order valence-electron chi connectivity index (χ1n) is 5.53. The Kier molecular flexibility index (Phi) is 2.70. The third-order valence-corrected chi connectivity index (χ3v) is 2.67. The monoisotopic (exact) mass is 282 g/mol. The van der Waals surface area contributed by atoms with Crippen molar-refractivity contribution in [3.63, 3.8) is 0 Å². The molecule has 7 heteroatoms. The summed E-state index contributed by atoms with van der Waals surface area (Å²) in [5, 5.41) is 0. The van der Waals surface area contributed by atoms with E-state index in [0.717, 1.165) is 24.4 Å². The summed E-state index contributed by atoms with van der Waals surface area (Å²) >= 11 is 0. The van der Waals surface area contributed by atoms with Crippen molar-refractivity contribution in [2.45, 2.75) is 6.18 Å². The van der Waals surface area contributed by atoms with Crippen LogP contribution in [0.4, 0.5) is 17.6 Å². The zero-order valence-electron chi connectivity index (χ0n) is 9.78. The van der Waals surface area contributed by atoms with Gasteiger partial charge in [0.15, 0.2) is 0 Å². The van der Waals surface area contributed by atoms with Gasteiger partial charge in [0.2, 0.25) is 11.6 Å². The van der Waals surface area contributed by atoms with Crippen LogP contribution in [-0.4, -0.2) is 9.97 Å². The third-order valence-electron chi connectivity index (χ3n) is 2.67. The van der Waals surface area contributed by atoms with Gasteiger partial charge in [-0.2, -0.15) is 13.2 Å². The van der Waals surface area contributed by atoms with E-state index in [2.05, 4.69) is 9.97 Å². The Balaban J connectivity index is 2.02. The summed E-state index contributed by atoms with van der Waals surface area (Å²) in [5.74, 6) is -0.475. The van der Waals surface area contributed by atoms with Crippen molar-refractivity contribution >= 4 is 11.2 Å². The zero-order chi connectivity index (χ0) is 14.3. The van der Waals surface area contributed by atoms with Gasteiger partial charge in [0, 0.05) is 11.6 Å². The molecule has 0 aliphatic carbocycles. The van der Waals surface area contributed by atoms with Crippen LogP contribution in [0.15, 0.2) is 40.9 Å². The molecule has 0 aliphatic rings. The molecular weight excluding hydrogens is 276 g/mol. The number of alkyl halides is 3. The topological polar surface area (TPSA) is 38.9 Å². The lowest BCUT2D eigenvalue weighted by Gasteiger charge is -2.05. The summed E-state index contributed by atoms with van der Waals surface area (Å²) in [6, 6.07) is 5.48. The SMILES string of the molecule is Fc1cnc2oc(-c3ccc(C(F)(F)F)cc3)nc2c1. The van der Waals surface area contributed by atoms with Crippen molar-refractivity contribution in [3.05, 3.63) is 47.9 Å². The van der Waals surface area contributed by atoms with E-state index in [1.165, 1.54) is 12.1 Å². The highest BCUT2D eigenvalue weighted by Gasteiger charge is 2.30. The average Bonchev–Trinajstić information content (AvgIpc) is 2.80. The van der Waals surface area contributed by atoms with Crippen LogP contribution < -0.4 is 0 Å². The van der Waals surface area contributed by atoms with Gasteiger partial charge in [-0.05, 0) is 24.3 Å². The zero-order valence-corrected chi connectivity index (χ0v) is 9.78. The quantitative estimate of drug-likeness (QED) is 0.632. The molecule has 0 radical (unpaired) electrons. The summed E-state index contributed by atoms with van der Waals surface area (Å²) in [7, 11) is 0. The lowest BCUT2D eigenvalue weighted by atomic mass is 10.1. The van der Waals surface area contributed by atoms with E-state index in [9.17, 15) is 17.6 Å². The molecule has 3 nitrogen and oxygen atoms in total. The van der Waals surface area contributed by atoms with E-state index < -0.39 is 17.6 Å². The molecule has 0 amide bonds. The highest BCUT2D eigenvalue weighted by Crippen LogP contribution is 2.31. The van der Waals surface area contributed by atoms with Crippen LogP contribution in [0.3, 0.4) is 0 Å². The van der Waals surface area contributed by atoms with Crippen LogP contribution in [-0.2, 0) is 6.18 Å². The molecule has 0 bridgehead atoms. The van der Waals surface area contributed by atoms with E-state index in [1.54, 1.807) is 0 Å². The molecule has 0 saturated heterocycles. The summed E-state index contributed by atoms with van der Waals surface area (Å²) < 4.78 is 55.6. The van der Waals surface area contributed by atoms with Gasteiger partial charge >= 0.3 is 6.18 Å². The van der Waals surface area contributed by atoms with E-state index in [4.69, 9.17) is 4.42 Å². The first-order chi connectivity index (χ1) is 9.43. The van der Waals surface area contributed by atoms with Gasteiger partial charge in [-0.15, -0.1) is 0 Å². The number of hydrogen-bond acceptors (Lipinski definition) is 3. The maximum Gasteiger partial charge on any atom is 0.416 e. The molecule has 3 aromatic rings. The number of halogens is 4. The molecule has 1 aromatic carbocycles. The first kappa shape index (κ1) is 12.6. The fourth-order valence-electron chi connectivity index (χ4n) is 1.72. The molecular formula is C13H6F4N2O. The fourth-order valence-corrected chi connectivity index (χ4v) is 1.72. The number of hydrogen-bond donors (Lipinski definition) is 0. The molecule has 0 fully saturated rings. The largest absolute Gasteiger partial charge is 0.418 e. The van der Waals surface area contributed by atoms with E-state index in [1.807, 2.05) is 0 Å². The minimum Gasteiger partial charge on any atom is -0.418 e. The number of nitrogens with zero attached hydrogens (tertiary/aromatic N) is 2. The molecule has 3 rings (SSSR count). The van der Waals surface area contributed by atoms with Crippen LogP contribution in [0, 0.1) is 5.82 Å². The van der Waals surface area contributed by atoms with Crippen LogP contribution in [0.2, 0.25) is 0 Å². The number of benzene rings is 1. The summed E-state index contributed by atoms with van der Waals surface area (Å²) in [6.07, 6.45) is -3.42. The molecule has 20 heavy (non-hydrogen) atoms. The molecule has 2 aromatic heterocycles. The smallest absolute Gasteiger partial charge is 0.416 e. The second-order valence-electron chi connectivity index (χ2n) is 4.07. The van der Waals surface area contributed by atoms with Crippen LogP contribution >= 0.6 is 0 Å². The Bertz CT molecular complexity index is 762. The predicted octanol–water partition coefficient (Wildman–Crippen LogP) is 4.05. The molecule has 0 N–H and O–H groups in total. The normalized spacial score (nSPS) is 12.0. The molecule has 0 atom stereocenters. The van der Waals surface area contributed by atoms with Crippen LogP contribution in [0.5, 0.6) is 0 Å². The molecule has 0 aliphatic heterocycles. The highest BCUT2D eigenvalue weighted by molar-refractivity contribution is 5.72. The van der Waals surface area contributed by atoms with Gasteiger partial charge in [0.1, 0.15) is 11.3 Å². The number of pyridine rings is 1. The van der Waals surface area contributed by atoms with E-state index in [0.29, 0.717) is 5.56 Å². The average molecular weight is 282 g/mol. The van der Waals surface area contributed by atoms with Crippen molar-refractivity contribution in [2.75, 3.05) is 0 Å². The minimum absolute atomic E-state index is 0.0897. The predicted molar refractivity (Wildman–Crippen MR) is 62.2 cm³/mol. The van der Waals surface area contributed by atoms with Crippen molar-refractivity contribution < 1.29 is 22.0 Å². The van der Waals surface area contributed by atoms with Gasteiger partial charge < -0.3 is 4.42 Å². The van der Waals surface area contributed by atoms with E-state index >= 15 is 0 Å². The Hall–Kier alpha value is -2.44. The van der Waals surface area contributed by atoms with Gasteiger partial charge in [0.25, 0.3) is 0 Å². The lowest BCUT2D eigenvalue weighted by Crippen LogP contribution is -2.03. The second-order valence-corrected chi connectivity index (χ2v) is 4.07. The number of rotatable bonds is 1. The van der Waals surface area contributed by atoms with E-state index in [-0.39, 0.29) is 17.1 Å². The fraction of sp³-hybridized carbons (Fsp3) is 0.0769. The Morgan fingerprint density at radius 2 is 1.75 bits per heavy atom. The number of fused-ring (bicyclic) bond motifs is 1. The van der Waals surface area contributed by atoms with Crippen molar-refractivity contribution in [3.8, 4) is 11.5 Å².